The third-order valence-electron chi connectivity index (χ3n) is 8.99. The van der Waals surface area contributed by atoms with E-state index < -0.39 is 0 Å². The van der Waals surface area contributed by atoms with Crippen LogP contribution in [0.25, 0.3) is 0 Å². The van der Waals surface area contributed by atoms with Crippen LogP contribution in [-0.2, 0) is 9.53 Å². The Kier molecular flexibility index (Phi) is 3.61. The molecule has 0 aromatic heterocycles. The van der Waals surface area contributed by atoms with Gasteiger partial charge in [-0.2, -0.15) is 0 Å². The van der Waals surface area contributed by atoms with Crippen LogP contribution in [0.4, 0.5) is 0 Å². The van der Waals surface area contributed by atoms with Crippen LogP contribution in [0, 0.1) is 46.8 Å². The summed E-state index contributed by atoms with van der Waals surface area (Å²) in [5, 5.41) is 0. The van der Waals surface area contributed by atoms with Gasteiger partial charge in [-0.1, -0.05) is 19.1 Å². The fraction of sp³-hybridized carbons (Fsp3) is 0.864. The van der Waals surface area contributed by atoms with Crippen molar-refractivity contribution in [3.8, 4) is 0 Å². The van der Waals surface area contributed by atoms with E-state index in [9.17, 15) is 4.79 Å². The molecule has 1 heterocycles. The zero-order valence-electron chi connectivity index (χ0n) is 15.1. The van der Waals surface area contributed by atoms with Crippen LogP contribution in [0.3, 0.4) is 0 Å². The van der Waals surface area contributed by atoms with Crippen molar-refractivity contribution in [2.24, 2.45) is 46.8 Å². The fourth-order valence-electron chi connectivity index (χ4n) is 7.96. The normalized spacial score (nSPS) is 53.2. The molecule has 4 fully saturated rings. The molecule has 0 bridgehead atoms. The Labute approximate surface area is 146 Å². The lowest BCUT2D eigenvalue weighted by Crippen LogP contribution is -2.48. The molecule has 0 spiro atoms. The van der Waals surface area contributed by atoms with Crippen molar-refractivity contribution in [3.63, 3.8) is 0 Å². The first kappa shape index (κ1) is 15.5. The molecule has 0 aromatic rings. The summed E-state index contributed by atoms with van der Waals surface area (Å²) < 4.78 is 5.33. The lowest BCUT2D eigenvalue weighted by Gasteiger charge is -2.55. The number of cyclic esters (lactones) is 1. The summed E-state index contributed by atoms with van der Waals surface area (Å²) in [4.78, 5) is 11.6. The molecule has 132 valence electrons. The van der Waals surface area contributed by atoms with Crippen LogP contribution >= 0.6 is 0 Å². The van der Waals surface area contributed by atoms with E-state index in [-0.39, 0.29) is 5.97 Å². The second kappa shape index (κ2) is 5.61. The van der Waals surface area contributed by atoms with Gasteiger partial charge in [0.15, 0.2) is 0 Å². The van der Waals surface area contributed by atoms with Crippen molar-refractivity contribution >= 4 is 5.97 Å². The van der Waals surface area contributed by atoms with Gasteiger partial charge in [-0.25, -0.2) is 0 Å². The highest BCUT2D eigenvalue weighted by atomic mass is 16.5. The van der Waals surface area contributed by atoms with Crippen LogP contribution in [0.1, 0.15) is 64.7 Å². The highest BCUT2D eigenvalue weighted by molar-refractivity contribution is 5.71. The highest BCUT2D eigenvalue weighted by Gasteiger charge is 2.58. The molecule has 1 aliphatic heterocycles. The molecule has 0 aromatic carbocycles. The summed E-state index contributed by atoms with van der Waals surface area (Å²) in [5.41, 5.74) is 0.477. The summed E-state index contributed by atoms with van der Waals surface area (Å²) in [6.07, 6.45) is 17.0. The SMILES string of the molecule is C[C@]12CC[C@H]3[C@@H](CCC4CCC=C[C@@H]43)[C@H]1CC[C@@H]2[C@@H]1COC(=O)C1. The van der Waals surface area contributed by atoms with Gasteiger partial charge >= 0.3 is 5.97 Å². The summed E-state index contributed by atoms with van der Waals surface area (Å²) in [6.45, 7) is 3.28. The Morgan fingerprint density at radius 1 is 1.00 bits per heavy atom. The van der Waals surface area contributed by atoms with Gasteiger partial charge in [0, 0.05) is 5.92 Å². The zero-order chi connectivity index (χ0) is 16.3. The van der Waals surface area contributed by atoms with E-state index in [4.69, 9.17) is 4.74 Å². The van der Waals surface area contributed by atoms with Crippen LogP contribution in [-0.4, -0.2) is 12.6 Å². The second-order valence-electron chi connectivity index (χ2n) is 9.73. The van der Waals surface area contributed by atoms with Crippen molar-refractivity contribution in [2.45, 2.75) is 64.7 Å². The molecule has 2 heteroatoms. The van der Waals surface area contributed by atoms with E-state index in [1.54, 1.807) is 0 Å². The Hall–Kier alpha value is -0.790. The molecule has 4 aliphatic carbocycles. The first-order valence-corrected chi connectivity index (χ1v) is 10.5. The predicted molar refractivity (Wildman–Crippen MR) is 94.2 cm³/mol. The molecule has 5 rings (SSSR count). The minimum Gasteiger partial charge on any atom is -0.465 e. The topological polar surface area (TPSA) is 26.3 Å². The minimum absolute atomic E-state index is 0.0496. The van der Waals surface area contributed by atoms with Gasteiger partial charge in [0.05, 0.1) is 13.0 Å². The van der Waals surface area contributed by atoms with Gasteiger partial charge in [0.25, 0.3) is 0 Å². The standard InChI is InChI=1S/C22H32O2/c1-22-11-10-17-16-5-3-2-4-14(16)6-7-18(17)20(22)9-8-19(22)15-12-21(23)24-13-15/h3,5,14-20H,2,4,6-13H2,1H3/t14?,15-,16-,17+,18+,19+,20+,22+/m0/s1. The number of carbonyl (C=O) groups is 1. The van der Waals surface area contributed by atoms with E-state index in [0.717, 1.165) is 35.5 Å². The van der Waals surface area contributed by atoms with Crippen LogP contribution < -0.4 is 0 Å². The van der Waals surface area contributed by atoms with Crippen molar-refractivity contribution in [3.05, 3.63) is 12.2 Å². The number of hydrogen-bond acceptors (Lipinski definition) is 2. The molecule has 3 saturated carbocycles. The van der Waals surface area contributed by atoms with Crippen LogP contribution in [0.15, 0.2) is 12.2 Å². The first-order chi connectivity index (χ1) is 11.7. The monoisotopic (exact) mass is 328 g/mol. The molecular formula is C22H32O2. The van der Waals surface area contributed by atoms with Gasteiger partial charge in [0.2, 0.25) is 0 Å². The number of esters is 1. The van der Waals surface area contributed by atoms with E-state index in [0.29, 0.717) is 24.4 Å². The number of rotatable bonds is 1. The Bertz CT molecular complexity index is 552. The zero-order valence-corrected chi connectivity index (χ0v) is 15.1. The van der Waals surface area contributed by atoms with E-state index in [1.807, 2.05) is 0 Å². The molecule has 1 unspecified atom stereocenters. The average Bonchev–Trinajstić information content (AvgIpc) is 3.17. The summed E-state index contributed by atoms with van der Waals surface area (Å²) in [7, 11) is 0. The second-order valence-corrected chi connectivity index (χ2v) is 9.73. The van der Waals surface area contributed by atoms with Crippen molar-refractivity contribution in [1.82, 2.24) is 0 Å². The Morgan fingerprint density at radius 3 is 2.71 bits per heavy atom. The number of fused-ring (bicyclic) bond motifs is 5. The maximum Gasteiger partial charge on any atom is 0.306 e. The molecular weight excluding hydrogens is 296 g/mol. The smallest absolute Gasteiger partial charge is 0.306 e. The third kappa shape index (κ3) is 2.17. The first-order valence-electron chi connectivity index (χ1n) is 10.5. The largest absolute Gasteiger partial charge is 0.465 e. The number of hydrogen-bond donors (Lipinski definition) is 0. The number of ether oxygens (including phenoxy) is 1. The lowest BCUT2D eigenvalue weighted by molar-refractivity contribution is -0.137. The lowest BCUT2D eigenvalue weighted by atomic mass is 9.50. The van der Waals surface area contributed by atoms with Gasteiger partial charge in [-0.15, -0.1) is 0 Å². The van der Waals surface area contributed by atoms with E-state index >= 15 is 0 Å². The molecule has 8 atom stereocenters. The van der Waals surface area contributed by atoms with E-state index in [1.165, 1.54) is 51.4 Å². The predicted octanol–water partition coefficient (Wildman–Crippen LogP) is 4.98. The highest BCUT2D eigenvalue weighted by Crippen LogP contribution is 2.65. The Balaban J connectivity index is 1.39. The summed E-state index contributed by atoms with van der Waals surface area (Å²) >= 11 is 0. The fourth-order valence-corrected chi connectivity index (χ4v) is 7.96. The van der Waals surface area contributed by atoms with Gasteiger partial charge in [0.1, 0.15) is 0 Å². The van der Waals surface area contributed by atoms with E-state index in [2.05, 4.69) is 19.1 Å². The molecule has 2 nitrogen and oxygen atoms in total. The van der Waals surface area contributed by atoms with Gasteiger partial charge in [-0.3, -0.25) is 4.79 Å². The van der Waals surface area contributed by atoms with Crippen LogP contribution in [0.5, 0.6) is 0 Å². The summed E-state index contributed by atoms with van der Waals surface area (Å²) in [6, 6.07) is 0. The average molecular weight is 328 g/mol. The van der Waals surface area contributed by atoms with Crippen molar-refractivity contribution < 1.29 is 9.53 Å². The molecule has 5 aliphatic rings. The van der Waals surface area contributed by atoms with Crippen LogP contribution in [0.2, 0.25) is 0 Å². The molecule has 0 N–H and O–H groups in total. The van der Waals surface area contributed by atoms with Gasteiger partial charge < -0.3 is 4.74 Å². The molecule has 1 saturated heterocycles. The number of carbonyl (C=O) groups excluding carboxylic acids is 1. The van der Waals surface area contributed by atoms with Crippen molar-refractivity contribution in [2.75, 3.05) is 6.61 Å². The molecule has 24 heavy (non-hydrogen) atoms. The maximum atomic E-state index is 11.6. The quantitative estimate of drug-likeness (QED) is 0.501. The molecule has 0 radical (unpaired) electrons. The summed E-state index contributed by atoms with van der Waals surface area (Å²) in [5.74, 6) is 5.98. The Morgan fingerprint density at radius 2 is 1.88 bits per heavy atom. The minimum atomic E-state index is 0.0496. The number of allylic oxidation sites excluding steroid dienone is 2. The molecule has 0 amide bonds. The maximum absolute atomic E-state index is 11.6. The van der Waals surface area contributed by atoms with Gasteiger partial charge in [-0.05, 0) is 92.3 Å². The van der Waals surface area contributed by atoms with Crippen molar-refractivity contribution in [1.29, 1.82) is 0 Å². The third-order valence-corrected chi connectivity index (χ3v) is 8.99.